The Bertz CT molecular complexity index is 1350. The van der Waals surface area contributed by atoms with Crippen molar-refractivity contribution in [1.82, 2.24) is 19.7 Å². The van der Waals surface area contributed by atoms with E-state index < -0.39 is 0 Å². The summed E-state index contributed by atoms with van der Waals surface area (Å²) in [6, 6.07) is 18.8. The Kier molecular flexibility index (Phi) is 7.26. The van der Waals surface area contributed by atoms with Crippen molar-refractivity contribution in [2.24, 2.45) is 5.92 Å². The SMILES string of the molecule is Cc1ccc(OCC2CCCN(C(=O)c3ccc(-n4cc(NC(=O)c5cccnc5)cn4)cc3)C2)cc1. The molecule has 3 heterocycles. The third-order valence-corrected chi connectivity index (χ3v) is 6.46. The summed E-state index contributed by atoms with van der Waals surface area (Å²) in [6.45, 7) is 4.09. The molecular weight excluding hydrogens is 466 g/mol. The van der Waals surface area contributed by atoms with Crippen molar-refractivity contribution < 1.29 is 14.3 Å². The number of carbonyl (C=O) groups is 2. The predicted molar refractivity (Wildman–Crippen MR) is 141 cm³/mol. The van der Waals surface area contributed by atoms with Gasteiger partial charge >= 0.3 is 0 Å². The summed E-state index contributed by atoms with van der Waals surface area (Å²) in [7, 11) is 0. The van der Waals surface area contributed by atoms with Crippen LogP contribution in [0, 0.1) is 12.8 Å². The van der Waals surface area contributed by atoms with Crippen LogP contribution in [0.4, 0.5) is 5.69 Å². The number of ether oxygens (including phenoxy) is 1. The highest BCUT2D eigenvalue weighted by atomic mass is 16.5. The number of hydrogen-bond donors (Lipinski definition) is 1. The first-order valence-corrected chi connectivity index (χ1v) is 12.4. The molecule has 37 heavy (non-hydrogen) atoms. The molecule has 1 saturated heterocycles. The Labute approximate surface area is 215 Å². The molecule has 1 unspecified atom stereocenters. The lowest BCUT2D eigenvalue weighted by Crippen LogP contribution is -2.41. The van der Waals surface area contributed by atoms with Gasteiger partial charge in [-0.25, -0.2) is 4.68 Å². The van der Waals surface area contributed by atoms with Crippen LogP contribution in [-0.4, -0.2) is 51.2 Å². The molecule has 0 spiro atoms. The molecule has 1 aliphatic rings. The van der Waals surface area contributed by atoms with Crippen LogP contribution in [0.1, 0.15) is 39.1 Å². The summed E-state index contributed by atoms with van der Waals surface area (Å²) in [4.78, 5) is 31.4. The molecule has 0 saturated carbocycles. The van der Waals surface area contributed by atoms with Crippen molar-refractivity contribution in [3.05, 3.63) is 102 Å². The van der Waals surface area contributed by atoms with Crippen molar-refractivity contribution in [3.63, 3.8) is 0 Å². The van der Waals surface area contributed by atoms with Crippen molar-refractivity contribution in [3.8, 4) is 11.4 Å². The molecule has 0 radical (unpaired) electrons. The van der Waals surface area contributed by atoms with Gasteiger partial charge in [0.05, 0.1) is 35.9 Å². The number of anilines is 1. The summed E-state index contributed by atoms with van der Waals surface area (Å²) >= 11 is 0. The number of aromatic nitrogens is 3. The third-order valence-electron chi connectivity index (χ3n) is 6.46. The van der Waals surface area contributed by atoms with E-state index in [1.54, 1.807) is 35.4 Å². The topological polar surface area (TPSA) is 89.4 Å². The monoisotopic (exact) mass is 495 g/mol. The average molecular weight is 496 g/mol. The maximum Gasteiger partial charge on any atom is 0.257 e. The van der Waals surface area contributed by atoms with Crippen molar-refractivity contribution in [2.45, 2.75) is 19.8 Å². The van der Waals surface area contributed by atoms with Crippen LogP contribution >= 0.6 is 0 Å². The lowest BCUT2D eigenvalue weighted by atomic mass is 9.98. The number of nitrogens with zero attached hydrogens (tertiary/aromatic N) is 4. The summed E-state index contributed by atoms with van der Waals surface area (Å²) in [5.74, 6) is 0.944. The quantitative estimate of drug-likeness (QED) is 0.399. The molecule has 188 valence electrons. The largest absolute Gasteiger partial charge is 0.493 e. The van der Waals surface area contributed by atoms with E-state index in [0.717, 1.165) is 30.8 Å². The van der Waals surface area contributed by atoms with Gasteiger partial charge < -0.3 is 15.0 Å². The van der Waals surface area contributed by atoms with E-state index in [1.165, 1.54) is 11.8 Å². The van der Waals surface area contributed by atoms with E-state index in [-0.39, 0.29) is 11.8 Å². The van der Waals surface area contributed by atoms with Crippen LogP contribution in [-0.2, 0) is 0 Å². The van der Waals surface area contributed by atoms with Gasteiger partial charge in [0, 0.05) is 37.0 Å². The van der Waals surface area contributed by atoms with Crippen LogP contribution in [0.5, 0.6) is 5.75 Å². The van der Waals surface area contributed by atoms with Crippen molar-refractivity contribution in [2.75, 3.05) is 25.0 Å². The van der Waals surface area contributed by atoms with Crippen LogP contribution < -0.4 is 10.1 Å². The number of rotatable bonds is 7. The van der Waals surface area contributed by atoms with Gasteiger partial charge in [-0.3, -0.25) is 14.6 Å². The third kappa shape index (κ3) is 6.03. The van der Waals surface area contributed by atoms with Gasteiger partial charge in [-0.15, -0.1) is 0 Å². The fourth-order valence-corrected chi connectivity index (χ4v) is 4.40. The lowest BCUT2D eigenvalue weighted by Gasteiger charge is -2.32. The van der Waals surface area contributed by atoms with Crippen molar-refractivity contribution >= 4 is 17.5 Å². The molecule has 8 nitrogen and oxygen atoms in total. The number of nitrogens with one attached hydrogen (secondary N) is 1. The van der Waals surface area contributed by atoms with E-state index in [0.29, 0.717) is 35.9 Å². The minimum Gasteiger partial charge on any atom is -0.493 e. The summed E-state index contributed by atoms with van der Waals surface area (Å²) in [5, 5.41) is 7.15. The van der Waals surface area contributed by atoms with E-state index in [4.69, 9.17) is 4.74 Å². The first-order valence-electron chi connectivity index (χ1n) is 12.4. The van der Waals surface area contributed by atoms with Gasteiger partial charge in [-0.2, -0.15) is 5.10 Å². The second-order valence-electron chi connectivity index (χ2n) is 9.30. The fourth-order valence-electron chi connectivity index (χ4n) is 4.40. The van der Waals surface area contributed by atoms with Gasteiger partial charge in [0.2, 0.25) is 0 Å². The molecule has 2 aromatic heterocycles. The number of benzene rings is 2. The van der Waals surface area contributed by atoms with Crippen LogP contribution in [0.15, 0.2) is 85.5 Å². The Morgan fingerprint density at radius 3 is 2.59 bits per heavy atom. The Balaban J connectivity index is 1.17. The van der Waals surface area contributed by atoms with Gasteiger partial charge in [0.25, 0.3) is 11.8 Å². The molecule has 1 N–H and O–H groups in total. The average Bonchev–Trinajstić information content (AvgIpc) is 3.41. The summed E-state index contributed by atoms with van der Waals surface area (Å²) < 4.78 is 7.63. The van der Waals surface area contributed by atoms with E-state index in [9.17, 15) is 9.59 Å². The molecule has 8 heteroatoms. The number of hydrogen-bond acceptors (Lipinski definition) is 5. The number of likely N-dealkylation sites (tertiary alicyclic amines) is 1. The highest BCUT2D eigenvalue weighted by Crippen LogP contribution is 2.22. The van der Waals surface area contributed by atoms with Gasteiger partial charge in [0.1, 0.15) is 5.75 Å². The Morgan fingerprint density at radius 1 is 1.03 bits per heavy atom. The van der Waals surface area contributed by atoms with Gasteiger partial charge in [-0.05, 0) is 68.3 Å². The number of amides is 2. The smallest absolute Gasteiger partial charge is 0.257 e. The number of pyridine rings is 1. The Morgan fingerprint density at radius 2 is 1.84 bits per heavy atom. The van der Waals surface area contributed by atoms with Gasteiger partial charge in [-0.1, -0.05) is 17.7 Å². The van der Waals surface area contributed by atoms with E-state index >= 15 is 0 Å². The maximum atomic E-state index is 13.2. The first kappa shape index (κ1) is 24.2. The zero-order valence-electron chi connectivity index (χ0n) is 20.7. The van der Waals surface area contributed by atoms with E-state index in [1.807, 2.05) is 53.4 Å². The van der Waals surface area contributed by atoms with Crippen LogP contribution in [0.3, 0.4) is 0 Å². The number of piperidine rings is 1. The molecule has 4 aromatic rings. The Hall–Kier alpha value is -4.46. The van der Waals surface area contributed by atoms with Gasteiger partial charge in [0.15, 0.2) is 0 Å². The molecule has 2 aromatic carbocycles. The van der Waals surface area contributed by atoms with E-state index in [2.05, 4.69) is 22.3 Å². The standard InChI is InChI=1S/C29H29N5O3/c1-21-6-12-27(13-7-21)37-20-22-4-3-15-33(18-22)29(36)23-8-10-26(11-9-23)34-19-25(17-31-34)32-28(35)24-5-2-14-30-16-24/h2,5-14,16-17,19,22H,3-4,15,18,20H2,1H3,(H,32,35). The molecule has 1 fully saturated rings. The minimum atomic E-state index is -0.252. The molecular formula is C29H29N5O3. The molecule has 1 aliphatic heterocycles. The lowest BCUT2D eigenvalue weighted by molar-refractivity contribution is 0.0633. The summed E-state index contributed by atoms with van der Waals surface area (Å²) in [6.07, 6.45) is 8.46. The van der Waals surface area contributed by atoms with Crippen molar-refractivity contribution in [1.29, 1.82) is 0 Å². The predicted octanol–water partition coefficient (Wildman–Crippen LogP) is 4.76. The highest BCUT2D eigenvalue weighted by Gasteiger charge is 2.25. The molecule has 2 amide bonds. The normalized spacial score (nSPS) is 15.3. The molecule has 0 aliphatic carbocycles. The maximum absolute atomic E-state index is 13.2. The van der Waals surface area contributed by atoms with Crippen LogP contribution in [0.2, 0.25) is 0 Å². The number of aryl methyl sites for hydroxylation is 1. The second kappa shape index (κ2) is 11.1. The second-order valence-corrected chi connectivity index (χ2v) is 9.30. The fraction of sp³-hybridized carbons (Fsp3) is 0.241. The molecule has 5 rings (SSSR count). The first-order chi connectivity index (χ1) is 18.0. The minimum absolute atomic E-state index is 0.0245. The zero-order chi connectivity index (χ0) is 25.6. The molecule has 0 bridgehead atoms. The zero-order valence-corrected chi connectivity index (χ0v) is 20.7. The van der Waals surface area contributed by atoms with Crippen LogP contribution in [0.25, 0.3) is 5.69 Å². The highest BCUT2D eigenvalue weighted by molar-refractivity contribution is 6.03. The summed E-state index contributed by atoms with van der Waals surface area (Å²) in [5.41, 5.74) is 3.68. The number of carbonyl (C=O) groups excluding carboxylic acids is 2. The molecule has 1 atom stereocenters.